The minimum Gasteiger partial charge on any atom is -0.466 e. The summed E-state index contributed by atoms with van der Waals surface area (Å²) in [6, 6.07) is 0. The molecule has 0 aromatic heterocycles. The third-order valence-corrected chi connectivity index (χ3v) is 4.23. The molecule has 0 aromatic rings. The Hall–Kier alpha value is -1.56. The summed E-state index contributed by atoms with van der Waals surface area (Å²) in [5.41, 5.74) is 0.314. The van der Waals surface area contributed by atoms with E-state index in [2.05, 4.69) is 0 Å². The van der Waals surface area contributed by atoms with Crippen LogP contribution in [-0.4, -0.2) is 55.0 Å². The van der Waals surface area contributed by atoms with Crippen molar-refractivity contribution in [1.82, 2.24) is 4.90 Å². The van der Waals surface area contributed by atoms with Crippen LogP contribution in [0.1, 0.15) is 46.5 Å². The fraction of sp³-hybridized carbons (Fsp3) is 0.765. The lowest BCUT2D eigenvalue weighted by Crippen LogP contribution is -2.50. The molecular weight excluding hydrogens is 298 g/mol. The van der Waals surface area contributed by atoms with Crippen LogP contribution in [0, 0.1) is 0 Å². The van der Waals surface area contributed by atoms with Crippen molar-refractivity contribution in [2.24, 2.45) is 0 Å². The second kappa shape index (κ2) is 6.91. The van der Waals surface area contributed by atoms with Gasteiger partial charge in [-0.15, -0.1) is 0 Å². The number of esters is 1. The third kappa shape index (κ3) is 4.96. The minimum atomic E-state index is -0.482. The van der Waals surface area contributed by atoms with Crippen LogP contribution < -0.4 is 0 Å². The predicted molar refractivity (Wildman–Crippen MR) is 85.1 cm³/mol. The highest BCUT2D eigenvalue weighted by atomic mass is 16.6. The Kier molecular flexibility index (Phi) is 5.34. The Labute approximate surface area is 137 Å². The minimum absolute atomic E-state index is 0.267. The first kappa shape index (κ1) is 17.8. The molecule has 0 aromatic carbocycles. The molecular formula is C17H27NO5. The van der Waals surface area contributed by atoms with Gasteiger partial charge in [-0.1, -0.05) is 5.57 Å². The lowest BCUT2D eigenvalue weighted by molar-refractivity contribution is -0.135. The van der Waals surface area contributed by atoms with Crippen molar-refractivity contribution in [3.63, 3.8) is 0 Å². The number of piperidine rings is 1. The Morgan fingerprint density at radius 1 is 1.26 bits per heavy atom. The van der Waals surface area contributed by atoms with Gasteiger partial charge in [0.2, 0.25) is 0 Å². The van der Waals surface area contributed by atoms with E-state index in [-0.39, 0.29) is 17.7 Å². The molecule has 2 aliphatic rings. The zero-order valence-corrected chi connectivity index (χ0v) is 14.5. The van der Waals surface area contributed by atoms with E-state index in [0.717, 1.165) is 31.3 Å². The molecule has 0 N–H and O–H groups in total. The van der Waals surface area contributed by atoms with Crippen LogP contribution in [0.25, 0.3) is 0 Å². The van der Waals surface area contributed by atoms with E-state index in [9.17, 15) is 9.59 Å². The maximum atomic E-state index is 12.1. The van der Waals surface area contributed by atoms with Crippen molar-refractivity contribution in [2.75, 3.05) is 26.8 Å². The average Bonchev–Trinajstić information content (AvgIpc) is 2.46. The van der Waals surface area contributed by atoms with Gasteiger partial charge in [-0.3, -0.25) is 0 Å². The van der Waals surface area contributed by atoms with E-state index in [4.69, 9.17) is 14.2 Å². The first-order chi connectivity index (χ1) is 10.7. The molecule has 0 radical (unpaired) electrons. The molecule has 130 valence electrons. The van der Waals surface area contributed by atoms with Crippen LogP contribution in [0.5, 0.6) is 0 Å². The topological polar surface area (TPSA) is 65.1 Å². The molecule has 0 aliphatic carbocycles. The smallest absolute Gasteiger partial charge is 0.410 e. The molecule has 0 unspecified atom stereocenters. The van der Waals surface area contributed by atoms with Gasteiger partial charge in [0.05, 0.1) is 19.3 Å². The second-order valence-corrected chi connectivity index (χ2v) is 7.25. The summed E-state index contributed by atoms with van der Waals surface area (Å²) >= 11 is 0. The van der Waals surface area contributed by atoms with Crippen molar-refractivity contribution >= 4 is 12.1 Å². The van der Waals surface area contributed by atoms with Gasteiger partial charge < -0.3 is 19.1 Å². The highest BCUT2D eigenvalue weighted by molar-refractivity contribution is 5.82. The van der Waals surface area contributed by atoms with Crippen molar-refractivity contribution < 1.29 is 23.8 Å². The van der Waals surface area contributed by atoms with Crippen LogP contribution in [0.3, 0.4) is 0 Å². The van der Waals surface area contributed by atoms with Gasteiger partial charge in [-0.2, -0.15) is 0 Å². The molecule has 2 aliphatic heterocycles. The quantitative estimate of drug-likeness (QED) is 0.548. The number of amides is 1. The normalized spacial score (nSPS) is 23.0. The number of carbonyl (C=O) groups is 2. The standard InChI is InChI=1S/C17H27NO5/c1-16(2,3)23-15(20)18-8-6-17(7-9-18)12-13(5-10-22-17)11-14(19)21-4/h11H,5-10,12H2,1-4H3/b13-11+. The molecule has 2 fully saturated rings. The molecule has 0 bridgehead atoms. The lowest BCUT2D eigenvalue weighted by Gasteiger charge is -2.44. The summed E-state index contributed by atoms with van der Waals surface area (Å²) in [5, 5.41) is 0. The first-order valence-corrected chi connectivity index (χ1v) is 8.12. The van der Waals surface area contributed by atoms with E-state index in [0.29, 0.717) is 19.7 Å². The van der Waals surface area contributed by atoms with Crippen molar-refractivity contribution in [3.05, 3.63) is 11.6 Å². The molecule has 0 saturated carbocycles. The number of carbonyl (C=O) groups excluding carboxylic acids is 2. The van der Waals surface area contributed by atoms with Crippen LogP contribution in [0.4, 0.5) is 4.79 Å². The van der Waals surface area contributed by atoms with Gasteiger partial charge in [0.15, 0.2) is 0 Å². The second-order valence-electron chi connectivity index (χ2n) is 7.25. The number of nitrogens with zero attached hydrogens (tertiary/aromatic N) is 1. The summed E-state index contributed by atoms with van der Waals surface area (Å²) in [4.78, 5) is 25.3. The molecule has 6 heteroatoms. The molecule has 1 spiro atoms. The fourth-order valence-corrected chi connectivity index (χ4v) is 3.05. The Morgan fingerprint density at radius 3 is 2.48 bits per heavy atom. The van der Waals surface area contributed by atoms with Crippen LogP contribution in [0.2, 0.25) is 0 Å². The van der Waals surface area contributed by atoms with Gasteiger partial charge in [0, 0.05) is 19.2 Å². The number of hydrogen-bond acceptors (Lipinski definition) is 5. The molecule has 1 amide bonds. The number of rotatable bonds is 1. The Morgan fingerprint density at radius 2 is 1.91 bits per heavy atom. The van der Waals surface area contributed by atoms with E-state index >= 15 is 0 Å². The SMILES string of the molecule is COC(=O)/C=C1\CCOC2(CCN(C(=O)OC(C)(C)C)CC2)C1. The van der Waals surface area contributed by atoms with Crippen LogP contribution in [-0.2, 0) is 19.0 Å². The summed E-state index contributed by atoms with van der Waals surface area (Å²) < 4.78 is 16.1. The van der Waals surface area contributed by atoms with E-state index in [1.807, 2.05) is 20.8 Å². The van der Waals surface area contributed by atoms with Gasteiger partial charge in [0.25, 0.3) is 0 Å². The zero-order chi connectivity index (χ0) is 17.1. The van der Waals surface area contributed by atoms with Gasteiger partial charge in [0.1, 0.15) is 5.60 Å². The fourth-order valence-electron chi connectivity index (χ4n) is 3.05. The van der Waals surface area contributed by atoms with Crippen molar-refractivity contribution in [2.45, 2.75) is 57.7 Å². The van der Waals surface area contributed by atoms with E-state index in [1.54, 1.807) is 11.0 Å². The van der Waals surface area contributed by atoms with E-state index in [1.165, 1.54) is 7.11 Å². The largest absolute Gasteiger partial charge is 0.466 e. The summed E-state index contributed by atoms with van der Waals surface area (Å²) in [6.07, 6.45) is 4.30. The Bertz CT molecular complexity index is 484. The van der Waals surface area contributed by atoms with Crippen LogP contribution in [0.15, 0.2) is 11.6 Å². The van der Waals surface area contributed by atoms with E-state index < -0.39 is 5.60 Å². The summed E-state index contributed by atoms with van der Waals surface area (Å²) in [6.45, 7) is 7.43. The molecule has 2 saturated heterocycles. The highest BCUT2D eigenvalue weighted by Gasteiger charge is 2.40. The highest BCUT2D eigenvalue weighted by Crippen LogP contribution is 2.37. The number of likely N-dealkylation sites (tertiary alicyclic amines) is 1. The van der Waals surface area contributed by atoms with Crippen molar-refractivity contribution in [1.29, 1.82) is 0 Å². The molecule has 23 heavy (non-hydrogen) atoms. The average molecular weight is 325 g/mol. The van der Waals surface area contributed by atoms with Crippen molar-refractivity contribution in [3.8, 4) is 0 Å². The summed E-state index contributed by atoms with van der Waals surface area (Å²) in [7, 11) is 1.38. The van der Waals surface area contributed by atoms with Gasteiger partial charge in [-0.25, -0.2) is 9.59 Å². The first-order valence-electron chi connectivity index (χ1n) is 8.12. The molecule has 2 rings (SSSR count). The number of methoxy groups -OCH3 is 1. The third-order valence-electron chi connectivity index (χ3n) is 4.23. The maximum absolute atomic E-state index is 12.1. The lowest BCUT2D eigenvalue weighted by atomic mass is 9.82. The maximum Gasteiger partial charge on any atom is 0.410 e. The number of ether oxygens (including phenoxy) is 3. The Balaban J connectivity index is 1.93. The molecule has 2 heterocycles. The van der Waals surface area contributed by atoms with Gasteiger partial charge in [-0.05, 0) is 46.5 Å². The van der Waals surface area contributed by atoms with Gasteiger partial charge >= 0.3 is 12.1 Å². The van der Waals surface area contributed by atoms with Crippen LogP contribution >= 0.6 is 0 Å². The zero-order valence-electron chi connectivity index (χ0n) is 14.5. The molecule has 0 atom stereocenters. The number of hydrogen-bond donors (Lipinski definition) is 0. The predicted octanol–water partition coefficient (Wildman–Crippen LogP) is 2.67. The summed E-state index contributed by atoms with van der Waals surface area (Å²) in [5.74, 6) is -0.316. The monoisotopic (exact) mass is 325 g/mol. The molecule has 6 nitrogen and oxygen atoms in total.